The van der Waals surface area contributed by atoms with Crippen molar-refractivity contribution in [1.29, 1.82) is 0 Å². The van der Waals surface area contributed by atoms with E-state index >= 15 is 0 Å². The number of pyridine rings is 1. The van der Waals surface area contributed by atoms with E-state index < -0.39 is 0 Å². The van der Waals surface area contributed by atoms with Gasteiger partial charge < -0.3 is 5.32 Å². The molecule has 0 fully saturated rings. The molecule has 0 radical (unpaired) electrons. The molecule has 1 heterocycles. The highest BCUT2D eigenvalue weighted by Gasteiger charge is 2.17. The maximum Gasteiger partial charge on any atom is 0.269 e. The van der Waals surface area contributed by atoms with E-state index in [4.69, 9.17) is 11.6 Å². The summed E-state index contributed by atoms with van der Waals surface area (Å²) in [5.41, 5.74) is 0.618. The molecule has 1 atom stereocenters. The van der Waals surface area contributed by atoms with Crippen LogP contribution < -0.4 is 5.32 Å². The predicted molar refractivity (Wildman–Crippen MR) is 78.4 cm³/mol. The molecular formula is C13H18BrClN2O. The zero-order valence-electron chi connectivity index (χ0n) is 10.8. The third-order valence-electron chi connectivity index (χ3n) is 2.28. The summed E-state index contributed by atoms with van der Waals surface area (Å²) in [5.74, 6) is -0.176. The lowest BCUT2D eigenvalue weighted by molar-refractivity contribution is 0.0947. The highest BCUT2D eigenvalue weighted by atomic mass is 79.9. The van der Waals surface area contributed by atoms with Crippen LogP contribution in [0.1, 0.15) is 37.7 Å². The number of hydrogen-bond donors (Lipinski definition) is 1. The summed E-state index contributed by atoms with van der Waals surface area (Å²) in [4.78, 5) is 16.0. The first-order chi connectivity index (χ1) is 8.28. The van der Waals surface area contributed by atoms with Crippen LogP contribution >= 0.6 is 27.5 Å². The Kier molecular flexibility index (Phi) is 5.60. The number of nitrogens with one attached hydrogen (secondary N) is 1. The van der Waals surface area contributed by atoms with Crippen LogP contribution in [0, 0.1) is 5.41 Å². The van der Waals surface area contributed by atoms with Gasteiger partial charge in [-0.25, -0.2) is 4.98 Å². The molecule has 1 aromatic heterocycles. The van der Waals surface area contributed by atoms with Gasteiger partial charge in [-0.1, -0.05) is 48.3 Å². The van der Waals surface area contributed by atoms with Gasteiger partial charge in [0, 0.05) is 17.6 Å². The first-order valence-electron chi connectivity index (χ1n) is 5.82. The number of nitrogens with zero attached hydrogens (tertiary/aromatic N) is 1. The Morgan fingerprint density at radius 1 is 1.50 bits per heavy atom. The van der Waals surface area contributed by atoms with E-state index in [-0.39, 0.29) is 16.1 Å². The first-order valence-corrected chi connectivity index (χ1v) is 7.11. The van der Waals surface area contributed by atoms with Crippen molar-refractivity contribution in [1.82, 2.24) is 10.3 Å². The minimum Gasteiger partial charge on any atom is -0.350 e. The summed E-state index contributed by atoms with van der Waals surface area (Å²) in [6, 6.07) is 3.27. The van der Waals surface area contributed by atoms with E-state index in [0.29, 0.717) is 17.3 Å². The van der Waals surface area contributed by atoms with Gasteiger partial charge in [0.25, 0.3) is 5.91 Å². The Labute approximate surface area is 121 Å². The molecule has 18 heavy (non-hydrogen) atoms. The first kappa shape index (κ1) is 15.4. The quantitative estimate of drug-likeness (QED) is 0.854. The smallest absolute Gasteiger partial charge is 0.269 e. The molecule has 0 aliphatic heterocycles. The van der Waals surface area contributed by atoms with Gasteiger partial charge in [0.1, 0.15) is 5.69 Å². The Morgan fingerprint density at radius 2 is 2.17 bits per heavy atom. The minimum absolute atomic E-state index is 0.176. The normalized spacial score (nSPS) is 13.2. The van der Waals surface area contributed by atoms with Crippen molar-refractivity contribution in [2.45, 2.75) is 32.0 Å². The molecule has 0 bridgehead atoms. The fraction of sp³-hybridized carbons (Fsp3) is 0.538. The molecule has 1 N–H and O–H groups in total. The van der Waals surface area contributed by atoms with Crippen LogP contribution in [0.4, 0.5) is 0 Å². The average Bonchev–Trinajstić information content (AvgIpc) is 2.24. The standard InChI is InChI=1S/C13H18BrClN2O/c1-13(2,3)6-9(14)7-17-12(18)11-5-4-10(15)8-16-11/h4-5,8-9H,6-7H2,1-3H3,(H,17,18). The van der Waals surface area contributed by atoms with Crippen molar-refractivity contribution < 1.29 is 4.79 Å². The summed E-state index contributed by atoms with van der Waals surface area (Å²) in [6.45, 7) is 7.10. The van der Waals surface area contributed by atoms with Crippen LogP contribution in [-0.2, 0) is 0 Å². The number of aromatic nitrogens is 1. The summed E-state index contributed by atoms with van der Waals surface area (Å²) >= 11 is 9.28. The van der Waals surface area contributed by atoms with Gasteiger partial charge in [-0.15, -0.1) is 0 Å². The number of alkyl halides is 1. The van der Waals surface area contributed by atoms with Gasteiger partial charge >= 0.3 is 0 Å². The Morgan fingerprint density at radius 3 is 2.67 bits per heavy atom. The molecule has 100 valence electrons. The number of hydrogen-bond acceptors (Lipinski definition) is 2. The SMILES string of the molecule is CC(C)(C)CC(Br)CNC(=O)c1ccc(Cl)cn1. The lowest BCUT2D eigenvalue weighted by Crippen LogP contribution is -2.31. The summed E-state index contributed by atoms with van der Waals surface area (Å²) in [5, 5.41) is 3.37. The number of carbonyl (C=O) groups is 1. The highest BCUT2D eigenvalue weighted by molar-refractivity contribution is 9.09. The maximum atomic E-state index is 11.8. The lowest BCUT2D eigenvalue weighted by Gasteiger charge is -2.22. The van der Waals surface area contributed by atoms with Crippen LogP contribution in [-0.4, -0.2) is 22.3 Å². The highest BCUT2D eigenvalue weighted by Crippen LogP contribution is 2.24. The average molecular weight is 334 g/mol. The largest absolute Gasteiger partial charge is 0.350 e. The molecule has 3 nitrogen and oxygen atoms in total. The van der Waals surface area contributed by atoms with Crippen molar-refractivity contribution >= 4 is 33.4 Å². The van der Waals surface area contributed by atoms with Gasteiger partial charge in [-0.2, -0.15) is 0 Å². The van der Waals surface area contributed by atoms with E-state index in [1.165, 1.54) is 6.20 Å². The van der Waals surface area contributed by atoms with Gasteiger partial charge in [-0.3, -0.25) is 4.79 Å². The monoisotopic (exact) mass is 332 g/mol. The van der Waals surface area contributed by atoms with E-state index in [0.717, 1.165) is 6.42 Å². The van der Waals surface area contributed by atoms with E-state index in [2.05, 4.69) is 47.0 Å². The Bertz CT molecular complexity index is 400. The van der Waals surface area contributed by atoms with Gasteiger partial charge in [0.2, 0.25) is 0 Å². The molecule has 0 aliphatic carbocycles. The molecule has 0 aromatic carbocycles. The zero-order valence-corrected chi connectivity index (χ0v) is 13.2. The van der Waals surface area contributed by atoms with Gasteiger partial charge in [0.05, 0.1) is 5.02 Å². The second kappa shape index (κ2) is 6.53. The number of amides is 1. The third kappa shape index (κ3) is 5.83. The van der Waals surface area contributed by atoms with Crippen LogP contribution in [0.3, 0.4) is 0 Å². The van der Waals surface area contributed by atoms with Crippen molar-refractivity contribution in [3.63, 3.8) is 0 Å². The van der Waals surface area contributed by atoms with Crippen molar-refractivity contribution in [2.24, 2.45) is 5.41 Å². The molecule has 0 aliphatic rings. The summed E-state index contributed by atoms with van der Waals surface area (Å²) < 4.78 is 0. The van der Waals surface area contributed by atoms with Gasteiger partial charge in [0.15, 0.2) is 0 Å². The van der Waals surface area contributed by atoms with E-state index in [1.54, 1.807) is 12.1 Å². The molecule has 5 heteroatoms. The molecule has 1 rings (SSSR count). The fourth-order valence-electron chi connectivity index (χ4n) is 1.54. The predicted octanol–water partition coefficient (Wildman–Crippen LogP) is 3.66. The van der Waals surface area contributed by atoms with Gasteiger partial charge in [-0.05, 0) is 24.0 Å². The Balaban J connectivity index is 2.44. The summed E-state index contributed by atoms with van der Waals surface area (Å²) in [6.07, 6.45) is 2.46. The molecule has 1 amide bonds. The molecule has 0 spiro atoms. The van der Waals surface area contributed by atoms with Crippen molar-refractivity contribution in [2.75, 3.05) is 6.54 Å². The number of carbonyl (C=O) groups excluding carboxylic acids is 1. The number of halogens is 2. The summed E-state index contributed by atoms with van der Waals surface area (Å²) in [7, 11) is 0. The molecule has 0 saturated carbocycles. The number of rotatable bonds is 4. The van der Waals surface area contributed by atoms with Crippen LogP contribution in [0.2, 0.25) is 5.02 Å². The topological polar surface area (TPSA) is 42.0 Å². The molecular weight excluding hydrogens is 316 g/mol. The van der Waals surface area contributed by atoms with Crippen LogP contribution in [0.5, 0.6) is 0 Å². The van der Waals surface area contributed by atoms with E-state index in [9.17, 15) is 4.79 Å². The minimum atomic E-state index is -0.176. The molecule has 1 unspecified atom stereocenters. The Hall–Kier alpha value is -0.610. The fourth-order valence-corrected chi connectivity index (χ4v) is 2.79. The third-order valence-corrected chi connectivity index (χ3v) is 3.15. The van der Waals surface area contributed by atoms with Crippen molar-refractivity contribution in [3.05, 3.63) is 29.0 Å². The maximum absolute atomic E-state index is 11.8. The lowest BCUT2D eigenvalue weighted by atomic mass is 9.90. The molecule has 0 saturated heterocycles. The molecule has 1 aromatic rings. The van der Waals surface area contributed by atoms with E-state index in [1.807, 2.05) is 0 Å². The van der Waals surface area contributed by atoms with Crippen LogP contribution in [0.15, 0.2) is 18.3 Å². The zero-order chi connectivity index (χ0) is 13.8. The van der Waals surface area contributed by atoms with Crippen LogP contribution in [0.25, 0.3) is 0 Å². The second-order valence-electron chi connectivity index (χ2n) is 5.43. The van der Waals surface area contributed by atoms with Crippen molar-refractivity contribution in [3.8, 4) is 0 Å². The second-order valence-corrected chi connectivity index (χ2v) is 7.17.